The van der Waals surface area contributed by atoms with Gasteiger partial charge in [0.1, 0.15) is 23.6 Å². The van der Waals surface area contributed by atoms with Crippen LogP contribution in [0.15, 0.2) is 36.8 Å². The van der Waals surface area contributed by atoms with Crippen LogP contribution in [0.2, 0.25) is 5.02 Å². The molecule has 1 aliphatic carbocycles. The molecule has 0 spiro atoms. The standard InChI is InChI=1S/C20H21ClFN5O/c1-27-9-8-15-18(23-11-24-19(15)27)25-13-3-5-14(6-4-13)26-20(28)12-2-7-17(22)16(21)10-12/h2,7-11,13-14H,3-6H2,1H3,(H,26,28)(H,23,24,25). The highest BCUT2D eigenvalue weighted by Gasteiger charge is 2.24. The molecule has 1 aromatic carbocycles. The molecule has 1 fully saturated rings. The molecular formula is C20H21ClFN5O. The lowest BCUT2D eigenvalue weighted by molar-refractivity contribution is 0.0926. The minimum atomic E-state index is -0.526. The van der Waals surface area contributed by atoms with E-state index >= 15 is 0 Å². The summed E-state index contributed by atoms with van der Waals surface area (Å²) in [6.07, 6.45) is 7.12. The van der Waals surface area contributed by atoms with Crippen molar-refractivity contribution in [2.24, 2.45) is 7.05 Å². The first-order chi connectivity index (χ1) is 13.5. The fraction of sp³-hybridized carbons (Fsp3) is 0.350. The maximum atomic E-state index is 13.3. The van der Waals surface area contributed by atoms with Gasteiger partial charge in [0.15, 0.2) is 0 Å². The van der Waals surface area contributed by atoms with Crippen molar-refractivity contribution in [3.05, 3.63) is 53.2 Å². The summed E-state index contributed by atoms with van der Waals surface area (Å²) in [6.45, 7) is 0. The number of hydrogen-bond donors (Lipinski definition) is 2. The van der Waals surface area contributed by atoms with Crippen LogP contribution in [-0.2, 0) is 7.05 Å². The summed E-state index contributed by atoms with van der Waals surface area (Å²) in [5.41, 5.74) is 1.27. The van der Waals surface area contributed by atoms with Gasteiger partial charge in [0, 0.05) is 30.9 Å². The Morgan fingerprint density at radius 1 is 1.18 bits per heavy atom. The molecule has 1 saturated carbocycles. The van der Waals surface area contributed by atoms with Gasteiger partial charge in [0.05, 0.1) is 10.4 Å². The maximum Gasteiger partial charge on any atom is 0.251 e. The quantitative estimate of drug-likeness (QED) is 0.695. The normalized spacial score (nSPS) is 19.5. The molecule has 1 aliphatic rings. The van der Waals surface area contributed by atoms with Crippen LogP contribution < -0.4 is 10.6 Å². The van der Waals surface area contributed by atoms with E-state index in [1.54, 1.807) is 6.33 Å². The van der Waals surface area contributed by atoms with Crippen LogP contribution in [0.5, 0.6) is 0 Å². The van der Waals surface area contributed by atoms with Gasteiger partial charge in [-0.15, -0.1) is 0 Å². The second kappa shape index (κ2) is 7.75. The Morgan fingerprint density at radius 2 is 1.93 bits per heavy atom. The van der Waals surface area contributed by atoms with Crippen LogP contribution in [0.1, 0.15) is 36.0 Å². The molecule has 2 aromatic heterocycles. The van der Waals surface area contributed by atoms with Crippen molar-refractivity contribution in [2.75, 3.05) is 5.32 Å². The number of hydrogen-bond acceptors (Lipinski definition) is 4. The number of anilines is 1. The second-order valence-corrected chi connectivity index (χ2v) is 7.59. The minimum Gasteiger partial charge on any atom is -0.367 e. The van der Waals surface area contributed by atoms with Gasteiger partial charge in [-0.1, -0.05) is 11.6 Å². The number of carbonyl (C=O) groups is 1. The van der Waals surface area contributed by atoms with Gasteiger partial charge in [0.2, 0.25) is 0 Å². The Bertz CT molecular complexity index is 1010. The molecule has 2 heterocycles. The zero-order chi connectivity index (χ0) is 19.7. The van der Waals surface area contributed by atoms with Crippen molar-refractivity contribution >= 4 is 34.4 Å². The van der Waals surface area contributed by atoms with Crippen LogP contribution in [-0.4, -0.2) is 32.5 Å². The summed E-state index contributed by atoms with van der Waals surface area (Å²) in [6, 6.07) is 6.42. The first-order valence-corrected chi connectivity index (χ1v) is 9.67. The fourth-order valence-corrected chi connectivity index (χ4v) is 3.85. The number of benzene rings is 1. The molecule has 4 rings (SSSR count). The molecular weight excluding hydrogens is 381 g/mol. The smallest absolute Gasteiger partial charge is 0.251 e. The number of fused-ring (bicyclic) bond motifs is 1. The Kier molecular flexibility index (Phi) is 5.17. The largest absolute Gasteiger partial charge is 0.367 e. The number of amides is 1. The first-order valence-electron chi connectivity index (χ1n) is 9.30. The Labute approximate surface area is 167 Å². The maximum absolute atomic E-state index is 13.3. The highest BCUT2D eigenvalue weighted by Crippen LogP contribution is 2.26. The van der Waals surface area contributed by atoms with Crippen molar-refractivity contribution in [2.45, 2.75) is 37.8 Å². The Hall–Kier alpha value is -2.67. The Morgan fingerprint density at radius 3 is 2.68 bits per heavy atom. The van der Waals surface area contributed by atoms with Crippen LogP contribution in [0.4, 0.5) is 10.2 Å². The third-order valence-electron chi connectivity index (χ3n) is 5.25. The van der Waals surface area contributed by atoms with Gasteiger partial charge in [-0.3, -0.25) is 4.79 Å². The summed E-state index contributed by atoms with van der Waals surface area (Å²) >= 11 is 5.76. The molecule has 2 N–H and O–H groups in total. The van der Waals surface area contributed by atoms with Crippen molar-refractivity contribution in [3.8, 4) is 0 Å². The number of aromatic nitrogens is 3. The van der Waals surface area contributed by atoms with Gasteiger partial charge in [-0.2, -0.15) is 0 Å². The molecule has 6 nitrogen and oxygen atoms in total. The first kappa shape index (κ1) is 18.7. The van der Waals surface area contributed by atoms with E-state index in [1.165, 1.54) is 18.2 Å². The summed E-state index contributed by atoms with van der Waals surface area (Å²) < 4.78 is 15.2. The third kappa shape index (κ3) is 3.80. The zero-order valence-electron chi connectivity index (χ0n) is 15.5. The molecule has 0 saturated heterocycles. The number of rotatable bonds is 4. The molecule has 0 aliphatic heterocycles. The second-order valence-electron chi connectivity index (χ2n) is 7.18. The van der Waals surface area contributed by atoms with Gasteiger partial charge in [0.25, 0.3) is 5.91 Å². The van der Waals surface area contributed by atoms with Gasteiger partial charge < -0.3 is 15.2 Å². The lowest BCUT2D eigenvalue weighted by atomic mass is 9.91. The average molecular weight is 402 g/mol. The predicted octanol–water partition coefficient (Wildman–Crippen LogP) is 3.91. The topological polar surface area (TPSA) is 71.8 Å². The number of halogens is 2. The average Bonchev–Trinajstić information content (AvgIpc) is 3.07. The van der Waals surface area contributed by atoms with Crippen molar-refractivity contribution < 1.29 is 9.18 Å². The minimum absolute atomic E-state index is 0.0439. The van der Waals surface area contributed by atoms with Gasteiger partial charge in [-0.05, 0) is 49.9 Å². The van der Waals surface area contributed by atoms with E-state index in [2.05, 4.69) is 20.6 Å². The van der Waals surface area contributed by atoms with E-state index in [4.69, 9.17) is 11.6 Å². The van der Waals surface area contributed by atoms with E-state index < -0.39 is 5.82 Å². The number of nitrogens with zero attached hydrogens (tertiary/aromatic N) is 3. The molecule has 146 valence electrons. The zero-order valence-corrected chi connectivity index (χ0v) is 16.2. The number of nitrogens with one attached hydrogen (secondary N) is 2. The van der Waals surface area contributed by atoms with Crippen LogP contribution in [0.3, 0.4) is 0 Å². The number of aryl methyl sites for hydroxylation is 1. The van der Waals surface area contributed by atoms with Crippen LogP contribution >= 0.6 is 11.6 Å². The van der Waals surface area contributed by atoms with Crippen molar-refractivity contribution in [1.29, 1.82) is 0 Å². The lowest BCUT2D eigenvalue weighted by Gasteiger charge is -2.30. The summed E-state index contributed by atoms with van der Waals surface area (Å²) in [5.74, 6) is 0.0983. The van der Waals surface area contributed by atoms with Gasteiger partial charge in [-0.25, -0.2) is 14.4 Å². The molecule has 0 bridgehead atoms. The van der Waals surface area contributed by atoms with Crippen LogP contribution in [0.25, 0.3) is 11.0 Å². The summed E-state index contributed by atoms with van der Waals surface area (Å²) in [4.78, 5) is 21.1. The van der Waals surface area contributed by atoms with Crippen molar-refractivity contribution in [1.82, 2.24) is 19.9 Å². The van der Waals surface area contributed by atoms with E-state index in [0.717, 1.165) is 42.5 Å². The van der Waals surface area contributed by atoms with Crippen LogP contribution in [0, 0.1) is 5.82 Å². The molecule has 1 amide bonds. The van der Waals surface area contributed by atoms with E-state index in [0.29, 0.717) is 11.6 Å². The predicted molar refractivity (Wildman–Crippen MR) is 107 cm³/mol. The fourth-order valence-electron chi connectivity index (χ4n) is 3.67. The monoisotopic (exact) mass is 401 g/mol. The van der Waals surface area contributed by atoms with E-state index in [-0.39, 0.29) is 17.0 Å². The Balaban J connectivity index is 1.34. The SMILES string of the molecule is Cn1ccc2c(NC3CCC(NC(=O)c4ccc(F)c(Cl)c4)CC3)ncnc21. The number of carbonyl (C=O) groups excluding carboxylic acids is 1. The van der Waals surface area contributed by atoms with E-state index in [1.807, 2.05) is 23.9 Å². The molecule has 0 radical (unpaired) electrons. The third-order valence-corrected chi connectivity index (χ3v) is 5.54. The molecule has 0 atom stereocenters. The lowest BCUT2D eigenvalue weighted by Crippen LogP contribution is -2.40. The summed E-state index contributed by atoms with van der Waals surface area (Å²) in [5, 5.41) is 7.51. The highest BCUT2D eigenvalue weighted by molar-refractivity contribution is 6.31. The molecule has 8 heteroatoms. The molecule has 28 heavy (non-hydrogen) atoms. The van der Waals surface area contributed by atoms with Crippen molar-refractivity contribution in [3.63, 3.8) is 0 Å². The van der Waals surface area contributed by atoms with E-state index in [9.17, 15) is 9.18 Å². The van der Waals surface area contributed by atoms with Gasteiger partial charge >= 0.3 is 0 Å². The molecule has 0 unspecified atom stereocenters. The molecule has 3 aromatic rings. The summed E-state index contributed by atoms with van der Waals surface area (Å²) in [7, 11) is 1.96. The highest BCUT2D eigenvalue weighted by atomic mass is 35.5.